The first-order valence-electron chi connectivity index (χ1n) is 6.54. The van der Waals surface area contributed by atoms with Gasteiger partial charge in [-0.1, -0.05) is 23.2 Å². The lowest BCUT2D eigenvalue weighted by molar-refractivity contribution is -0.0494. The van der Waals surface area contributed by atoms with Crippen LogP contribution in [-0.2, 0) is 4.74 Å². The Morgan fingerprint density at radius 3 is 2.79 bits per heavy atom. The molecule has 6 nitrogen and oxygen atoms in total. The summed E-state index contributed by atoms with van der Waals surface area (Å²) < 4.78 is 39.9. The number of oxazole rings is 1. The predicted molar refractivity (Wildman–Crippen MR) is 83.7 cm³/mol. The van der Waals surface area contributed by atoms with E-state index in [1.165, 1.54) is 19.2 Å². The lowest BCUT2D eigenvalue weighted by atomic mass is 10.2. The van der Waals surface area contributed by atoms with Gasteiger partial charge in [0.05, 0.1) is 17.2 Å². The fourth-order valence-corrected chi connectivity index (χ4v) is 2.36. The number of hydrogen-bond donors (Lipinski definition) is 1. The number of alkyl halides is 2. The van der Waals surface area contributed by atoms with Gasteiger partial charge in [-0.05, 0) is 12.1 Å². The summed E-state index contributed by atoms with van der Waals surface area (Å²) in [6.45, 7) is -2.38. The predicted octanol–water partition coefficient (Wildman–Crippen LogP) is 4.18. The molecule has 0 saturated carbocycles. The zero-order valence-electron chi connectivity index (χ0n) is 12.3. The van der Waals surface area contributed by atoms with Gasteiger partial charge in [0.1, 0.15) is 6.07 Å². The number of halogens is 4. The zero-order valence-corrected chi connectivity index (χ0v) is 13.8. The minimum Gasteiger partial charge on any atom is -0.432 e. The van der Waals surface area contributed by atoms with Gasteiger partial charge in [-0.3, -0.25) is 0 Å². The molecule has 1 aromatic heterocycles. The Labute approximate surface area is 145 Å². The highest BCUT2D eigenvalue weighted by Crippen LogP contribution is 2.40. The number of hydrogen-bond acceptors (Lipinski definition) is 6. The highest BCUT2D eigenvalue weighted by molar-refractivity contribution is 6.36. The van der Waals surface area contributed by atoms with Gasteiger partial charge in [-0.15, -0.1) is 0 Å². The largest absolute Gasteiger partial charge is 0.432 e. The summed E-state index contributed by atoms with van der Waals surface area (Å²) in [5, 5.41) is 12.0. The van der Waals surface area contributed by atoms with Crippen molar-refractivity contribution in [2.45, 2.75) is 6.61 Å². The molecule has 24 heavy (non-hydrogen) atoms. The summed E-state index contributed by atoms with van der Waals surface area (Å²) in [5.74, 6) is -0.402. The number of methoxy groups -OCH3 is 1. The van der Waals surface area contributed by atoms with Crippen LogP contribution in [0.4, 0.5) is 14.7 Å². The number of benzene rings is 1. The van der Waals surface area contributed by atoms with Gasteiger partial charge in [0.15, 0.2) is 5.75 Å². The minimum absolute atomic E-state index is 0.00379. The third-order valence-corrected chi connectivity index (χ3v) is 3.27. The summed E-state index contributed by atoms with van der Waals surface area (Å²) in [4.78, 5) is 3.95. The molecule has 2 aromatic rings. The number of nitrogens with zero attached hydrogens (tertiary/aromatic N) is 2. The first-order chi connectivity index (χ1) is 11.5. The number of rotatable bonds is 7. The van der Waals surface area contributed by atoms with Crippen molar-refractivity contribution in [1.29, 1.82) is 5.26 Å². The van der Waals surface area contributed by atoms with Crippen molar-refractivity contribution in [3.8, 4) is 23.3 Å². The van der Waals surface area contributed by atoms with Crippen molar-refractivity contribution >= 4 is 29.1 Å². The molecule has 0 fully saturated rings. The molecule has 0 unspecified atom stereocenters. The van der Waals surface area contributed by atoms with E-state index < -0.39 is 6.61 Å². The Morgan fingerprint density at radius 2 is 2.17 bits per heavy atom. The third kappa shape index (κ3) is 4.26. The first-order valence-corrected chi connectivity index (χ1v) is 7.29. The first kappa shape index (κ1) is 18.3. The van der Waals surface area contributed by atoms with Crippen LogP contribution in [0, 0.1) is 11.3 Å². The van der Waals surface area contributed by atoms with Crippen LogP contribution >= 0.6 is 23.2 Å². The molecule has 0 spiro atoms. The molecule has 0 atom stereocenters. The summed E-state index contributed by atoms with van der Waals surface area (Å²) in [6.07, 6.45) is 0. The van der Waals surface area contributed by atoms with E-state index in [9.17, 15) is 8.78 Å². The quantitative estimate of drug-likeness (QED) is 0.729. The van der Waals surface area contributed by atoms with Crippen LogP contribution in [0.25, 0.3) is 11.5 Å². The molecule has 10 heteroatoms. The number of anilines is 1. The average molecular weight is 378 g/mol. The van der Waals surface area contributed by atoms with Crippen LogP contribution < -0.4 is 10.1 Å². The van der Waals surface area contributed by atoms with E-state index in [0.29, 0.717) is 13.2 Å². The van der Waals surface area contributed by atoms with Crippen LogP contribution in [0.5, 0.6) is 5.75 Å². The SMILES string of the molecule is COCCNc1oc(-c2cc(Cl)cc(Cl)c2OC(F)F)nc1C#N. The zero-order chi connectivity index (χ0) is 17.7. The average Bonchev–Trinajstić information content (AvgIpc) is 2.93. The van der Waals surface area contributed by atoms with E-state index in [1.54, 1.807) is 0 Å². The molecule has 0 aliphatic heterocycles. The lowest BCUT2D eigenvalue weighted by Crippen LogP contribution is -2.07. The maximum absolute atomic E-state index is 12.6. The van der Waals surface area contributed by atoms with Crippen LogP contribution in [0.1, 0.15) is 5.69 Å². The molecular formula is C14H11Cl2F2N3O3. The van der Waals surface area contributed by atoms with Gasteiger partial charge in [-0.25, -0.2) is 0 Å². The Bertz CT molecular complexity index is 762. The maximum atomic E-state index is 12.6. The van der Waals surface area contributed by atoms with E-state index in [1.807, 2.05) is 6.07 Å². The second kappa shape index (κ2) is 8.15. The van der Waals surface area contributed by atoms with E-state index in [4.69, 9.17) is 37.6 Å². The highest BCUT2D eigenvalue weighted by atomic mass is 35.5. The fourth-order valence-electron chi connectivity index (χ4n) is 1.83. The van der Waals surface area contributed by atoms with Crippen LogP contribution in [0.2, 0.25) is 10.0 Å². The Morgan fingerprint density at radius 1 is 1.42 bits per heavy atom. The molecule has 0 bridgehead atoms. The molecule has 128 valence electrons. The molecule has 0 saturated heterocycles. The van der Waals surface area contributed by atoms with E-state index in [-0.39, 0.29) is 38.8 Å². The van der Waals surface area contributed by atoms with Crippen molar-refractivity contribution in [2.24, 2.45) is 0 Å². The standard InChI is InChI=1S/C14H11Cl2F2N3O3/c1-22-3-2-20-13-10(6-19)21-12(24-13)8-4-7(15)5-9(16)11(8)23-14(17)18/h4-5,14,20H,2-3H2,1H3. The molecular weight excluding hydrogens is 367 g/mol. The van der Waals surface area contributed by atoms with E-state index in [2.05, 4.69) is 15.0 Å². The molecule has 0 aliphatic carbocycles. The molecule has 2 rings (SSSR count). The van der Waals surface area contributed by atoms with Gasteiger partial charge in [-0.2, -0.15) is 19.0 Å². The summed E-state index contributed by atoms with van der Waals surface area (Å²) >= 11 is 11.8. The molecule has 0 amide bonds. The number of nitriles is 1. The third-order valence-electron chi connectivity index (χ3n) is 2.77. The van der Waals surface area contributed by atoms with Gasteiger partial charge in [0.2, 0.25) is 17.5 Å². The summed E-state index contributed by atoms with van der Waals surface area (Å²) in [7, 11) is 1.51. The molecule has 1 heterocycles. The Balaban J connectivity index is 2.46. The fraction of sp³-hybridized carbons (Fsp3) is 0.286. The normalized spacial score (nSPS) is 10.7. The maximum Gasteiger partial charge on any atom is 0.387 e. The van der Waals surface area contributed by atoms with Crippen molar-refractivity contribution in [2.75, 3.05) is 25.6 Å². The second-order valence-electron chi connectivity index (χ2n) is 4.37. The smallest absolute Gasteiger partial charge is 0.387 e. The van der Waals surface area contributed by atoms with Gasteiger partial charge >= 0.3 is 6.61 Å². The highest BCUT2D eigenvalue weighted by Gasteiger charge is 2.22. The van der Waals surface area contributed by atoms with Gasteiger partial charge in [0, 0.05) is 18.7 Å². The summed E-state index contributed by atoms with van der Waals surface area (Å²) in [6, 6.07) is 4.39. The van der Waals surface area contributed by atoms with Gasteiger partial charge in [0.25, 0.3) is 0 Å². The van der Waals surface area contributed by atoms with Crippen molar-refractivity contribution < 1.29 is 22.7 Å². The van der Waals surface area contributed by atoms with Crippen molar-refractivity contribution in [3.05, 3.63) is 27.9 Å². The van der Waals surface area contributed by atoms with Crippen LogP contribution in [0.15, 0.2) is 16.5 Å². The second-order valence-corrected chi connectivity index (χ2v) is 5.21. The van der Waals surface area contributed by atoms with Crippen LogP contribution in [0.3, 0.4) is 0 Å². The molecule has 1 aromatic carbocycles. The molecule has 1 N–H and O–H groups in total. The number of ether oxygens (including phenoxy) is 2. The van der Waals surface area contributed by atoms with E-state index >= 15 is 0 Å². The number of aromatic nitrogens is 1. The molecule has 0 aliphatic rings. The summed E-state index contributed by atoms with van der Waals surface area (Å²) in [5.41, 5.74) is -0.0516. The minimum atomic E-state index is -3.10. The van der Waals surface area contributed by atoms with Crippen LogP contribution in [-0.4, -0.2) is 31.9 Å². The van der Waals surface area contributed by atoms with Gasteiger partial charge < -0.3 is 19.2 Å². The monoisotopic (exact) mass is 377 g/mol. The Kier molecular flexibility index (Phi) is 6.20. The lowest BCUT2D eigenvalue weighted by Gasteiger charge is -2.10. The topological polar surface area (TPSA) is 80.3 Å². The molecule has 0 radical (unpaired) electrons. The number of nitrogens with one attached hydrogen (secondary N) is 1. The van der Waals surface area contributed by atoms with Crippen molar-refractivity contribution in [3.63, 3.8) is 0 Å². The van der Waals surface area contributed by atoms with E-state index in [0.717, 1.165) is 0 Å². The van der Waals surface area contributed by atoms with Crippen molar-refractivity contribution in [1.82, 2.24) is 4.98 Å². The Hall–Kier alpha value is -2.08.